The van der Waals surface area contributed by atoms with Crippen LogP contribution in [0.3, 0.4) is 0 Å². The van der Waals surface area contributed by atoms with Crippen LogP contribution in [0.5, 0.6) is 0 Å². The van der Waals surface area contributed by atoms with Crippen LogP contribution in [0.1, 0.15) is 65.2 Å². The molecule has 0 aromatic carbocycles. The lowest BCUT2D eigenvalue weighted by Gasteiger charge is -2.53. The van der Waals surface area contributed by atoms with Crippen molar-refractivity contribution < 1.29 is 0 Å². The molecule has 0 heterocycles. The van der Waals surface area contributed by atoms with Gasteiger partial charge in [-0.05, 0) is 68.1 Å². The lowest BCUT2D eigenvalue weighted by atomic mass is 9.53. The maximum absolute atomic E-state index is 2.66. The molecule has 2 aliphatic carbocycles. The van der Waals surface area contributed by atoms with Crippen LogP contribution in [0.2, 0.25) is 0 Å². The average Bonchev–Trinajstić information content (AvgIpc) is 2.34. The third-order valence-electron chi connectivity index (χ3n) is 5.90. The highest BCUT2D eigenvalue weighted by atomic mass is 127. The smallest absolute Gasteiger partial charge is 0.0110 e. The van der Waals surface area contributed by atoms with Crippen molar-refractivity contribution in [2.24, 2.45) is 16.7 Å². The van der Waals surface area contributed by atoms with E-state index >= 15 is 0 Å². The van der Waals surface area contributed by atoms with Crippen molar-refractivity contribution in [2.75, 3.05) is 4.43 Å². The molecule has 0 aliphatic heterocycles. The van der Waals surface area contributed by atoms with E-state index in [2.05, 4.69) is 59.0 Å². The number of hydrogen-bond donors (Lipinski definition) is 0. The molecule has 0 nitrogen and oxygen atoms in total. The molecule has 2 saturated carbocycles. The summed E-state index contributed by atoms with van der Waals surface area (Å²) in [6.07, 6.45) is 11.8. The van der Waals surface area contributed by atoms with Gasteiger partial charge in [-0.25, -0.2) is 0 Å². The zero-order valence-electron chi connectivity index (χ0n) is 11.3. The third kappa shape index (κ3) is 3.14. The van der Waals surface area contributed by atoms with Gasteiger partial charge in [0.2, 0.25) is 0 Å². The molecule has 0 saturated heterocycles. The standard InChI is InChI=1S/C15H26I2/c1-14(7-3-12(11-16)4-8-14)15(2)9-5-13(17)6-10-15/h12-13H,3-11H2,1-2H3. The molecule has 0 N–H and O–H groups in total. The Hall–Kier alpha value is 1.46. The quantitative estimate of drug-likeness (QED) is 0.350. The first-order chi connectivity index (χ1) is 7.99. The van der Waals surface area contributed by atoms with Crippen molar-refractivity contribution in [1.82, 2.24) is 0 Å². The zero-order valence-corrected chi connectivity index (χ0v) is 15.6. The predicted molar refractivity (Wildman–Crippen MR) is 93.3 cm³/mol. The first-order valence-electron chi connectivity index (χ1n) is 7.19. The summed E-state index contributed by atoms with van der Waals surface area (Å²) in [7, 11) is 0. The van der Waals surface area contributed by atoms with Crippen LogP contribution in [0.4, 0.5) is 0 Å². The second-order valence-corrected chi connectivity index (χ2v) is 9.54. The monoisotopic (exact) mass is 460 g/mol. The van der Waals surface area contributed by atoms with Gasteiger partial charge < -0.3 is 0 Å². The van der Waals surface area contributed by atoms with Crippen LogP contribution in [0.15, 0.2) is 0 Å². The van der Waals surface area contributed by atoms with E-state index in [4.69, 9.17) is 0 Å². The van der Waals surface area contributed by atoms with Crippen molar-refractivity contribution in [3.63, 3.8) is 0 Å². The first kappa shape index (κ1) is 14.9. The molecule has 2 rings (SSSR count). The summed E-state index contributed by atoms with van der Waals surface area (Å²) >= 11 is 5.24. The molecule has 2 aliphatic rings. The molecule has 0 bridgehead atoms. The SMILES string of the molecule is CC1(C2(C)CCC(CI)CC2)CCC(I)CC1. The molecule has 0 aromatic rings. The third-order valence-corrected chi connectivity index (χ3v) is 8.39. The second kappa shape index (κ2) is 5.84. The Morgan fingerprint density at radius 2 is 1.29 bits per heavy atom. The maximum atomic E-state index is 2.66. The van der Waals surface area contributed by atoms with Crippen molar-refractivity contribution in [2.45, 2.75) is 69.1 Å². The Labute approximate surface area is 134 Å². The van der Waals surface area contributed by atoms with E-state index in [0.29, 0.717) is 10.8 Å². The van der Waals surface area contributed by atoms with Gasteiger partial charge in [0.1, 0.15) is 0 Å². The van der Waals surface area contributed by atoms with E-state index in [1.807, 2.05) is 0 Å². The normalized spacial score (nSPS) is 48.0. The topological polar surface area (TPSA) is 0 Å². The highest BCUT2D eigenvalue weighted by molar-refractivity contribution is 14.1. The molecule has 0 spiro atoms. The summed E-state index contributed by atoms with van der Waals surface area (Å²) in [4.78, 5) is 0. The van der Waals surface area contributed by atoms with Crippen LogP contribution in [0.25, 0.3) is 0 Å². The maximum Gasteiger partial charge on any atom is 0.0110 e. The fourth-order valence-corrected chi connectivity index (χ4v) is 5.40. The molecule has 0 unspecified atom stereocenters. The number of halogens is 2. The minimum absolute atomic E-state index is 0.644. The molecule has 17 heavy (non-hydrogen) atoms. The van der Waals surface area contributed by atoms with E-state index in [1.165, 1.54) is 55.8 Å². The van der Waals surface area contributed by atoms with E-state index in [9.17, 15) is 0 Å². The van der Waals surface area contributed by atoms with Gasteiger partial charge in [-0.1, -0.05) is 59.0 Å². The van der Waals surface area contributed by atoms with Gasteiger partial charge >= 0.3 is 0 Å². The van der Waals surface area contributed by atoms with Gasteiger partial charge in [-0.3, -0.25) is 0 Å². The van der Waals surface area contributed by atoms with Gasteiger partial charge in [0.05, 0.1) is 0 Å². The number of alkyl halides is 2. The van der Waals surface area contributed by atoms with Gasteiger partial charge in [0.15, 0.2) is 0 Å². The molecular formula is C15H26I2. The van der Waals surface area contributed by atoms with Gasteiger partial charge in [-0.15, -0.1) is 0 Å². The van der Waals surface area contributed by atoms with Crippen molar-refractivity contribution in [3.05, 3.63) is 0 Å². The van der Waals surface area contributed by atoms with E-state index in [-0.39, 0.29) is 0 Å². The fraction of sp³-hybridized carbons (Fsp3) is 1.00. The fourth-order valence-electron chi connectivity index (χ4n) is 3.90. The van der Waals surface area contributed by atoms with E-state index < -0.39 is 0 Å². The van der Waals surface area contributed by atoms with Gasteiger partial charge in [-0.2, -0.15) is 0 Å². The largest absolute Gasteiger partial charge is 0.0861 e. The molecule has 0 aromatic heterocycles. The second-order valence-electron chi connectivity index (χ2n) is 6.89. The molecule has 0 amide bonds. The lowest BCUT2D eigenvalue weighted by molar-refractivity contribution is -0.0109. The molecule has 100 valence electrons. The Morgan fingerprint density at radius 1 is 0.882 bits per heavy atom. The predicted octanol–water partition coefficient (Wildman–Crippen LogP) is 6.00. The minimum atomic E-state index is 0.644. The average molecular weight is 460 g/mol. The van der Waals surface area contributed by atoms with E-state index in [0.717, 1.165) is 9.84 Å². The highest BCUT2D eigenvalue weighted by Crippen LogP contribution is 2.57. The van der Waals surface area contributed by atoms with Crippen LogP contribution < -0.4 is 0 Å². The first-order valence-corrected chi connectivity index (χ1v) is 9.96. The molecule has 2 fully saturated rings. The number of hydrogen-bond acceptors (Lipinski definition) is 0. The highest BCUT2D eigenvalue weighted by Gasteiger charge is 2.47. The summed E-state index contributed by atoms with van der Waals surface area (Å²) in [5, 5.41) is 0. The Morgan fingerprint density at radius 3 is 1.71 bits per heavy atom. The lowest BCUT2D eigenvalue weighted by Crippen LogP contribution is -2.43. The van der Waals surface area contributed by atoms with Crippen molar-refractivity contribution in [1.29, 1.82) is 0 Å². The van der Waals surface area contributed by atoms with Gasteiger partial charge in [0, 0.05) is 8.35 Å². The number of rotatable bonds is 2. The molecule has 0 radical (unpaired) electrons. The summed E-state index contributed by atoms with van der Waals surface area (Å²) < 4.78 is 2.33. The zero-order chi connectivity index (χ0) is 12.5. The Kier molecular flexibility index (Phi) is 5.11. The Balaban J connectivity index is 2.00. The minimum Gasteiger partial charge on any atom is -0.0861 e. The summed E-state index contributed by atoms with van der Waals surface area (Å²) in [5.41, 5.74) is 1.29. The summed E-state index contributed by atoms with van der Waals surface area (Å²) in [6.45, 7) is 5.20. The van der Waals surface area contributed by atoms with Gasteiger partial charge in [0.25, 0.3) is 0 Å². The van der Waals surface area contributed by atoms with Crippen LogP contribution in [-0.2, 0) is 0 Å². The van der Waals surface area contributed by atoms with Crippen LogP contribution >= 0.6 is 45.2 Å². The van der Waals surface area contributed by atoms with E-state index in [1.54, 1.807) is 0 Å². The van der Waals surface area contributed by atoms with Crippen molar-refractivity contribution in [3.8, 4) is 0 Å². The molecule has 0 atom stereocenters. The van der Waals surface area contributed by atoms with Crippen molar-refractivity contribution >= 4 is 45.2 Å². The summed E-state index contributed by atoms with van der Waals surface area (Å²) in [6, 6.07) is 0. The Bertz CT molecular complexity index is 246. The summed E-state index contributed by atoms with van der Waals surface area (Å²) in [5.74, 6) is 1.02. The molecule has 2 heteroatoms. The van der Waals surface area contributed by atoms with Crippen LogP contribution in [0, 0.1) is 16.7 Å². The molecular weight excluding hydrogens is 434 g/mol. The van der Waals surface area contributed by atoms with Crippen LogP contribution in [-0.4, -0.2) is 8.35 Å².